The zero-order valence-electron chi connectivity index (χ0n) is 14.2. The molecule has 0 bridgehead atoms. The monoisotopic (exact) mass is 340 g/mol. The SMILES string of the molecule is Cc1cccc(C(=O)N2C[C@@H]3CC[C@H](Oc4cccc(F)c4)[C@@H]3C2)n1. The predicted octanol–water partition coefficient (Wildman–Crippen LogP) is 3.46. The minimum absolute atomic E-state index is 0.0115. The van der Waals surface area contributed by atoms with Crippen molar-refractivity contribution < 1.29 is 13.9 Å². The highest BCUT2D eigenvalue weighted by atomic mass is 19.1. The Balaban J connectivity index is 1.45. The van der Waals surface area contributed by atoms with Gasteiger partial charge in [0.05, 0.1) is 0 Å². The first-order valence-corrected chi connectivity index (χ1v) is 8.75. The fourth-order valence-corrected chi connectivity index (χ4v) is 4.07. The molecule has 3 atom stereocenters. The second-order valence-electron chi connectivity index (χ2n) is 6.99. The van der Waals surface area contributed by atoms with Crippen molar-refractivity contribution in [2.75, 3.05) is 13.1 Å². The van der Waals surface area contributed by atoms with Gasteiger partial charge in [-0.15, -0.1) is 0 Å². The lowest BCUT2D eigenvalue weighted by Crippen LogP contribution is -2.33. The van der Waals surface area contributed by atoms with Gasteiger partial charge in [-0.05, 0) is 49.9 Å². The third-order valence-corrected chi connectivity index (χ3v) is 5.27. The quantitative estimate of drug-likeness (QED) is 0.859. The summed E-state index contributed by atoms with van der Waals surface area (Å²) in [7, 11) is 0. The van der Waals surface area contributed by atoms with Crippen LogP contribution in [0.3, 0.4) is 0 Å². The van der Waals surface area contributed by atoms with Gasteiger partial charge in [0.1, 0.15) is 23.4 Å². The van der Waals surface area contributed by atoms with Crippen LogP contribution in [0.25, 0.3) is 0 Å². The lowest BCUT2D eigenvalue weighted by atomic mass is 9.99. The zero-order chi connectivity index (χ0) is 17.4. The largest absolute Gasteiger partial charge is 0.490 e. The van der Waals surface area contributed by atoms with Gasteiger partial charge in [-0.3, -0.25) is 4.79 Å². The molecule has 4 rings (SSSR count). The average Bonchev–Trinajstić information content (AvgIpc) is 3.16. The number of amides is 1. The van der Waals surface area contributed by atoms with Crippen LogP contribution >= 0.6 is 0 Å². The van der Waals surface area contributed by atoms with Gasteiger partial charge in [-0.25, -0.2) is 9.37 Å². The Morgan fingerprint density at radius 3 is 2.84 bits per heavy atom. The summed E-state index contributed by atoms with van der Waals surface area (Å²) >= 11 is 0. The smallest absolute Gasteiger partial charge is 0.272 e. The van der Waals surface area contributed by atoms with E-state index in [9.17, 15) is 9.18 Å². The molecule has 4 nitrogen and oxygen atoms in total. The minimum Gasteiger partial charge on any atom is -0.490 e. The number of likely N-dealkylation sites (tertiary alicyclic amines) is 1. The highest BCUT2D eigenvalue weighted by Crippen LogP contribution is 2.40. The van der Waals surface area contributed by atoms with E-state index in [0.717, 1.165) is 25.1 Å². The number of aromatic nitrogens is 1. The van der Waals surface area contributed by atoms with Crippen LogP contribution < -0.4 is 4.74 Å². The maximum atomic E-state index is 13.4. The standard InChI is InChI=1S/C20H21FN2O2/c1-13-4-2-7-18(22-13)20(24)23-11-14-8-9-19(17(14)12-23)25-16-6-3-5-15(21)10-16/h2-7,10,14,17,19H,8-9,11-12H2,1H3/t14-,17+,19-/m0/s1. The predicted molar refractivity (Wildman–Crippen MR) is 91.9 cm³/mol. The molecule has 130 valence electrons. The molecule has 0 radical (unpaired) electrons. The van der Waals surface area contributed by atoms with E-state index < -0.39 is 0 Å². The van der Waals surface area contributed by atoms with Crippen LogP contribution in [-0.4, -0.2) is 35.0 Å². The van der Waals surface area contributed by atoms with Crippen molar-refractivity contribution in [3.8, 4) is 5.75 Å². The molecule has 25 heavy (non-hydrogen) atoms. The third-order valence-electron chi connectivity index (χ3n) is 5.27. The number of fused-ring (bicyclic) bond motifs is 1. The molecule has 2 aliphatic rings. The van der Waals surface area contributed by atoms with Crippen LogP contribution in [0.1, 0.15) is 29.0 Å². The highest BCUT2D eigenvalue weighted by molar-refractivity contribution is 5.92. The lowest BCUT2D eigenvalue weighted by molar-refractivity contribution is 0.0756. The number of carbonyl (C=O) groups excluding carboxylic acids is 1. The van der Waals surface area contributed by atoms with Gasteiger partial charge < -0.3 is 9.64 Å². The molecule has 1 saturated carbocycles. The molecule has 1 aliphatic carbocycles. The van der Waals surface area contributed by atoms with Crippen molar-refractivity contribution in [1.82, 2.24) is 9.88 Å². The Hall–Kier alpha value is -2.43. The van der Waals surface area contributed by atoms with Gasteiger partial charge in [0, 0.05) is 30.8 Å². The fourth-order valence-electron chi connectivity index (χ4n) is 4.07. The number of rotatable bonds is 3. The van der Waals surface area contributed by atoms with Gasteiger partial charge in [0.15, 0.2) is 0 Å². The molecular formula is C20H21FN2O2. The number of halogens is 1. The number of benzene rings is 1. The highest BCUT2D eigenvalue weighted by Gasteiger charge is 2.45. The van der Waals surface area contributed by atoms with Gasteiger partial charge in [0.25, 0.3) is 5.91 Å². The zero-order valence-corrected chi connectivity index (χ0v) is 14.2. The van der Waals surface area contributed by atoms with E-state index >= 15 is 0 Å². The van der Waals surface area contributed by atoms with Crippen LogP contribution in [0.2, 0.25) is 0 Å². The van der Waals surface area contributed by atoms with Crippen LogP contribution in [0, 0.1) is 24.6 Å². The van der Waals surface area contributed by atoms with Crippen molar-refractivity contribution in [2.24, 2.45) is 11.8 Å². The molecule has 0 N–H and O–H groups in total. The minimum atomic E-state index is -0.291. The number of carbonyl (C=O) groups is 1. The molecule has 5 heteroatoms. The Morgan fingerprint density at radius 2 is 2.04 bits per heavy atom. The number of hydrogen-bond acceptors (Lipinski definition) is 3. The summed E-state index contributed by atoms with van der Waals surface area (Å²) in [6, 6.07) is 11.8. The maximum Gasteiger partial charge on any atom is 0.272 e. The van der Waals surface area contributed by atoms with E-state index in [2.05, 4.69) is 4.98 Å². The van der Waals surface area contributed by atoms with Gasteiger partial charge >= 0.3 is 0 Å². The van der Waals surface area contributed by atoms with E-state index in [1.807, 2.05) is 24.0 Å². The van der Waals surface area contributed by atoms with Gasteiger partial charge in [-0.1, -0.05) is 12.1 Å². The van der Waals surface area contributed by atoms with Gasteiger partial charge in [-0.2, -0.15) is 0 Å². The molecule has 1 saturated heterocycles. The number of ether oxygens (including phenoxy) is 1. The first-order valence-electron chi connectivity index (χ1n) is 8.75. The van der Waals surface area contributed by atoms with Crippen molar-refractivity contribution in [1.29, 1.82) is 0 Å². The summed E-state index contributed by atoms with van der Waals surface area (Å²) in [6.45, 7) is 3.32. The summed E-state index contributed by atoms with van der Waals surface area (Å²) in [4.78, 5) is 18.9. The van der Waals surface area contributed by atoms with Crippen LogP contribution in [0.5, 0.6) is 5.75 Å². The van der Waals surface area contributed by atoms with Crippen molar-refractivity contribution in [3.05, 3.63) is 59.7 Å². The number of nitrogens with zero attached hydrogens (tertiary/aromatic N) is 2. The number of hydrogen-bond donors (Lipinski definition) is 0. The topological polar surface area (TPSA) is 42.4 Å². The summed E-state index contributed by atoms with van der Waals surface area (Å²) in [5.74, 6) is 1.02. The Bertz CT molecular complexity index is 795. The molecule has 2 fully saturated rings. The third kappa shape index (κ3) is 3.23. The van der Waals surface area contributed by atoms with Crippen LogP contribution in [0.4, 0.5) is 4.39 Å². The first-order chi connectivity index (χ1) is 12.1. The summed E-state index contributed by atoms with van der Waals surface area (Å²) in [5, 5.41) is 0. The average molecular weight is 340 g/mol. The van der Waals surface area contributed by atoms with Crippen molar-refractivity contribution in [2.45, 2.75) is 25.9 Å². The van der Waals surface area contributed by atoms with Crippen molar-refractivity contribution in [3.63, 3.8) is 0 Å². The normalized spacial score (nSPS) is 25.0. The Labute approximate surface area is 146 Å². The van der Waals surface area contributed by atoms with E-state index in [0.29, 0.717) is 29.8 Å². The molecule has 1 amide bonds. The molecule has 2 heterocycles. The molecular weight excluding hydrogens is 319 g/mol. The maximum absolute atomic E-state index is 13.4. The molecule has 1 aromatic heterocycles. The summed E-state index contributed by atoms with van der Waals surface area (Å²) < 4.78 is 19.4. The number of aryl methyl sites for hydroxylation is 1. The Morgan fingerprint density at radius 1 is 1.20 bits per heavy atom. The fraction of sp³-hybridized carbons (Fsp3) is 0.400. The molecule has 1 aliphatic heterocycles. The Kier molecular flexibility index (Phi) is 4.15. The second kappa shape index (κ2) is 6.47. The summed E-state index contributed by atoms with van der Waals surface area (Å²) in [6.07, 6.45) is 2.03. The molecule has 0 spiro atoms. The van der Waals surface area contributed by atoms with E-state index in [4.69, 9.17) is 4.74 Å². The van der Waals surface area contributed by atoms with Crippen LogP contribution in [0.15, 0.2) is 42.5 Å². The first kappa shape index (κ1) is 16.1. The number of pyridine rings is 1. The second-order valence-corrected chi connectivity index (χ2v) is 6.99. The van der Waals surface area contributed by atoms with E-state index in [1.165, 1.54) is 12.1 Å². The van der Waals surface area contributed by atoms with E-state index in [-0.39, 0.29) is 17.8 Å². The molecule has 0 unspecified atom stereocenters. The lowest BCUT2D eigenvalue weighted by Gasteiger charge is -2.22. The molecule has 2 aromatic rings. The van der Waals surface area contributed by atoms with Crippen LogP contribution in [-0.2, 0) is 0 Å². The summed E-state index contributed by atoms with van der Waals surface area (Å²) in [5.41, 5.74) is 1.35. The molecule has 1 aromatic carbocycles. The van der Waals surface area contributed by atoms with Gasteiger partial charge in [0.2, 0.25) is 0 Å². The van der Waals surface area contributed by atoms with E-state index in [1.54, 1.807) is 18.2 Å². The van der Waals surface area contributed by atoms with Crippen molar-refractivity contribution >= 4 is 5.91 Å².